The lowest BCUT2D eigenvalue weighted by molar-refractivity contribution is -0.139. The number of likely N-dealkylation sites (tertiary alicyclic amines) is 1. The number of piperidine rings is 1. The Kier molecular flexibility index (Phi) is 3.01. The number of hydrogen-bond donors (Lipinski definition) is 1. The number of carboxylic acids is 1. The Labute approximate surface area is 132 Å². The van der Waals surface area contributed by atoms with Crippen LogP contribution >= 0.6 is 11.3 Å². The molecular weight excluding hydrogens is 298 g/mol. The van der Waals surface area contributed by atoms with Gasteiger partial charge in [0.25, 0.3) is 5.91 Å². The second-order valence-corrected chi connectivity index (χ2v) is 7.48. The second-order valence-electron chi connectivity index (χ2n) is 6.40. The predicted molar refractivity (Wildman–Crippen MR) is 85.1 cm³/mol. The number of fused-ring (bicyclic) bond motifs is 1. The van der Waals surface area contributed by atoms with Gasteiger partial charge in [0.05, 0.1) is 10.8 Å². The number of carboxylic acid groups (broad SMARTS) is 1. The van der Waals surface area contributed by atoms with Crippen LogP contribution in [0.5, 0.6) is 0 Å². The highest BCUT2D eigenvalue weighted by molar-refractivity contribution is 7.20. The molecule has 1 N–H and O–H groups in total. The van der Waals surface area contributed by atoms with Crippen LogP contribution in [0.2, 0.25) is 0 Å². The maximum Gasteiger partial charge on any atom is 0.307 e. The maximum atomic E-state index is 12.6. The summed E-state index contributed by atoms with van der Waals surface area (Å²) in [6.07, 6.45) is 2.43. The van der Waals surface area contributed by atoms with Gasteiger partial charge in [-0.25, -0.2) is 0 Å². The summed E-state index contributed by atoms with van der Waals surface area (Å²) < 4.78 is 1.13. The van der Waals surface area contributed by atoms with E-state index in [4.69, 9.17) is 5.11 Å². The van der Waals surface area contributed by atoms with Gasteiger partial charge in [0.2, 0.25) is 0 Å². The van der Waals surface area contributed by atoms with Gasteiger partial charge in [-0.15, -0.1) is 11.3 Å². The number of nitrogens with zero attached hydrogens (tertiary/aromatic N) is 1. The number of thiophene rings is 1. The van der Waals surface area contributed by atoms with Gasteiger partial charge in [-0.3, -0.25) is 9.59 Å². The predicted octanol–water partition coefficient (Wildman–Crippen LogP) is 3.23. The molecule has 2 aliphatic rings. The summed E-state index contributed by atoms with van der Waals surface area (Å²) in [6, 6.07) is 9.98. The molecule has 0 bridgehead atoms. The van der Waals surface area contributed by atoms with Crippen molar-refractivity contribution in [2.24, 2.45) is 11.3 Å². The van der Waals surface area contributed by atoms with Crippen molar-refractivity contribution < 1.29 is 14.7 Å². The minimum atomic E-state index is -0.677. The fourth-order valence-electron chi connectivity index (χ4n) is 3.65. The lowest BCUT2D eigenvalue weighted by atomic mass is 9.91. The molecule has 2 heterocycles. The van der Waals surface area contributed by atoms with Crippen molar-refractivity contribution in [3.63, 3.8) is 0 Å². The van der Waals surface area contributed by atoms with E-state index in [1.165, 1.54) is 11.3 Å². The summed E-state index contributed by atoms with van der Waals surface area (Å²) in [7, 11) is 0. The Morgan fingerprint density at radius 3 is 2.59 bits per heavy atom. The zero-order chi connectivity index (χ0) is 15.3. The number of aliphatic carboxylic acids is 1. The third-order valence-corrected chi connectivity index (χ3v) is 6.27. The first kappa shape index (κ1) is 13.8. The first-order valence-corrected chi connectivity index (χ1v) is 8.41. The van der Waals surface area contributed by atoms with Crippen LogP contribution < -0.4 is 0 Å². The molecule has 0 radical (unpaired) electrons. The molecule has 4 rings (SSSR count). The highest BCUT2D eigenvalue weighted by Gasteiger charge is 2.59. The average molecular weight is 315 g/mol. The second kappa shape index (κ2) is 4.81. The third-order valence-electron chi connectivity index (χ3n) is 5.17. The molecule has 1 saturated carbocycles. The summed E-state index contributed by atoms with van der Waals surface area (Å²) in [6.45, 7) is 1.35. The normalized spacial score (nSPS) is 22.9. The quantitative estimate of drug-likeness (QED) is 0.925. The Bertz CT molecular complexity index is 725. The highest BCUT2D eigenvalue weighted by Crippen LogP contribution is 2.59. The van der Waals surface area contributed by atoms with Crippen molar-refractivity contribution in [1.29, 1.82) is 0 Å². The largest absolute Gasteiger partial charge is 0.481 e. The molecule has 22 heavy (non-hydrogen) atoms. The molecule has 1 spiro atoms. The number of rotatable bonds is 2. The zero-order valence-electron chi connectivity index (χ0n) is 12.1. The fraction of sp³-hybridized carbons (Fsp3) is 0.412. The standard InChI is InChI=1S/C17H17NO3S/c19-15(14-9-11-3-1-2-4-13(11)22-14)18-7-5-17(6-8-18)10-12(17)16(20)21/h1-4,9,12H,5-8,10H2,(H,20,21). The van der Waals surface area contributed by atoms with Gasteiger partial charge < -0.3 is 10.0 Å². The summed E-state index contributed by atoms with van der Waals surface area (Å²) >= 11 is 1.53. The summed E-state index contributed by atoms with van der Waals surface area (Å²) in [5.74, 6) is -0.776. The molecule has 1 aliphatic heterocycles. The van der Waals surface area contributed by atoms with Crippen molar-refractivity contribution >= 4 is 33.3 Å². The zero-order valence-corrected chi connectivity index (χ0v) is 12.9. The van der Waals surface area contributed by atoms with Gasteiger partial charge in [-0.1, -0.05) is 18.2 Å². The van der Waals surface area contributed by atoms with Gasteiger partial charge in [0.15, 0.2) is 0 Å². The lowest BCUT2D eigenvalue weighted by Gasteiger charge is -2.32. The highest BCUT2D eigenvalue weighted by atomic mass is 32.1. The van der Waals surface area contributed by atoms with Crippen molar-refractivity contribution in [1.82, 2.24) is 4.90 Å². The van der Waals surface area contributed by atoms with E-state index in [0.717, 1.165) is 34.2 Å². The van der Waals surface area contributed by atoms with Crippen LogP contribution in [0.15, 0.2) is 30.3 Å². The van der Waals surface area contributed by atoms with E-state index in [2.05, 4.69) is 0 Å². The summed E-state index contributed by atoms with van der Waals surface area (Å²) in [5.41, 5.74) is -0.0250. The monoisotopic (exact) mass is 315 g/mol. The van der Waals surface area contributed by atoms with Crippen LogP contribution in [0, 0.1) is 11.3 Å². The number of carbonyl (C=O) groups is 2. The van der Waals surface area contributed by atoms with E-state index in [9.17, 15) is 9.59 Å². The molecule has 2 aromatic rings. The first-order valence-electron chi connectivity index (χ1n) is 7.60. The molecule has 1 aromatic heterocycles. The number of carbonyl (C=O) groups excluding carboxylic acids is 1. The minimum absolute atomic E-state index is 0.0250. The molecule has 5 heteroatoms. The fourth-order valence-corrected chi connectivity index (χ4v) is 4.68. The molecule has 1 amide bonds. The molecule has 114 valence electrons. The van der Waals surface area contributed by atoms with Gasteiger partial charge >= 0.3 is 5.97 Å². The van der Waals surface area contributed by atoms with E-state index in [1.807, 2.05) is 35.2 Å². The molecule has 1 saturated heterocycles. The smallest absolute Gasteiger partial charge is 0.307 e. The molecule has 2 fully saturated rings. The summed E-state index contributed by atoms with van der Waals surface area (Å²) in [5, 5.41) is 10.2. The lowest BCUT2D eigenvalue weighted by Crippen LogP contribution is -2.39. The minimum Gasteiger partial charge on any atom is -0.481 e. The third kappa shape index (κ3) is 2.11. The van der Waals surface area contributed by atoms with E-state index in [1.54, 1.807) is 0 Å². The van der Waals surface area contributed by atoms with Gasteiger partial charge in [-0.2, -0.15) is 0 Å². The first-order chi connectivity index (χ1) is 10.6. The number of amides is 1. The Morgan fingerprint density at radius 2 is 1.95 bits per heavy atom. The van der Waals surface area contributed by atoms with Crippen molar-refractivity contribution in [3.05, 3.63) is 35.2 Å². The van der Waals surface area contributed by atoms with Crippen molar-refractivity contribution in [3.8, 4) is 0 Å². The molecule has 1 aliphatic carbocycles. The molecular formula is C17H17NO3S. The Hall–Kier alpha value is -1.88. The summed E-state index contributed by atoms with van der Waals surface area (Å²) in [4.78, 5) is 26.4. The molecule has 1 aromatic carbocycles. The van der Waals surface area contributed by atoms with Crippen LogP contribution in [-0.4, -0.2) is 35.0 Å². The molecule has 1 unspecified atom stereocenters. The van der Waals surface area contributed by atoms with Gasteiger partial charge in [0.1, 0.15) is 0 Å². The van der Waals surface area contributed by atoms with Crippen molar-refractivity contribution in [2.45, 2.75) is 19.3 Å². The van der Waals surface area contributed by atoms with Gasteiger partial charge in [0, 0.05) is 17.8 Å². The number of benzene rings is 1. The van der Waals surface area contributed by atoms with E-state index < -0.39 is 5.97 Å². The number of hydrogen-bond acceptors (Lipinski definition) is 3. The van der Waals surface area contributed by atoms with Gasteiger partial charge in [-0.05, 0) is 42.2 Å². The van der Waals surface area contributed by atoms with Crippen molar-refractivity contribution in [2.75, 3.05) is 13.1 Å². The average Bonchev–Trinajstić information content (AvgIpc) is 3.06. The van der Waals surface area contributed by atoms with Crippen LogP contribution in [-0.2, 0) is 4.79 Å². The molecule has 4 nitrogen and oxygen atoms in total. The van der Waals surface area contributed by atoms with E-state index in [-0.39, 0.29) is 17.2 Å². The molecule has 1 atom stereocenters. The Morgan fingerprint density at radius 1 is 1.23 bits per heavy atom. The van der Waals surface area contributed by atoms with E-state index >= 15 is 0 Å². The SMILES string of the molecule is O=C(O)C1CC12CCN(C(=O)c1cc3ccccc3s1)CC2. The van der Waals surface area contributed by atoms with Crippen LogP contribution in [0.25, 0.3) is 10.1 Å². The van der Waals surface area contributed by atoms with E-state index in [0.29, 0.717) is 13.1 Å². The van der Waals surface area contributed by atoms with Crippen LogP contribution in [0.1, 0.15) is 28.9 Å². The van der Waals surface area contributed by atoms with Crippen LogP contribution in [0.4, 0.5) is 0 Å². The van der Waals surface area contributed by atoms with Crippen LogP contribution in [0.3, 0.4) is 0 Å². The maximum absolute atomic E-state index is 12.6. The Balaban J connectivity index is 1.47. The topological polar surface area (TPSA) is 57.6 Å².